The van der Waals surface area contributed by atoms with Gasteiger partial charge in [-0.3, -0.25) is 0 Å². The average molecular weight is 378 g/mol. The Hall–Kier alpha value is -1.14. The summed E-state index contributed by atoms with van der Waals surface area (Å²) < 4.78 is 27.5. The number of rotatable bonds is 2. The molecular weight excluding hydrogens is 370 g/mol. The van der Waals surface area contributed by atoms with Crippen molar-refractivity contribution in [2.24, 2.45) is 0 Å². The Morgan fingerprint density at radius 1 is 0.889 bits per heavy atom. The minimum absolute atomic E-state index is 0.175. The lowest BCUT2D eigenvalue weighted by Gasteiger charge is -2.11. The molecular formula is C12H8Br2F2N2. The summed E-state index contributed by atoms with van der Waals surface area (Å²) >= 11 is 6.32. The second kappa shape index (κ2) is 5.24. The van der Waals surface area contributed by atoms with Crippen molar-refractivity contribution in [3.05, 3.63) is 50.9 Å². The first-order chi connectivity index (χ1) is 8.47. The van der Waals surface area contributed by atoms with Gasteiger partial charge >= 0.3 is 0 Å². The molecule has 0 atom stereocenters. The number of nitrogens with one attached hydrogen (secondary N) is 1. The average Bonchev–Trinajstić information content (AvgIpc) is 2.29. The highest BCUT2D eigenvalue weighted by atomic mass is 79.9. The first kappa shape index (κ1) is 13.3. The van der Waals surface area contributed by atoms with Crippen molar-refractivity contribution in [3.63, 3.8) is 0 Å². The van der Waals surface area contributed by atoms with Gasteiger partial charge in [-0.1, -0.05) is 0 Å². The Morgan fingerprint density at radius 3 is 2.28 bits per heavy atom. The van der Waals surface area contributed by atoms with Crippen LogP contribution >= 0.6 is 31.9 Å². The van der Waals surface area contributed by atoms with Crippen molar-refractivity contribution in [1.82, 2.24) is 0 Å². The molecule has 0 unspecified atom stereocenters. The van der Waals surface area contributed by atoms with Crippen LogP contribution < -0.4 is 11.1 Å². The molecule has 2 nitrogen and oxygen atoms in total. The van der Waals surface area contributed by atoms with E-state index in [0.29, 0.717) is 15.8 Å². The third-order valence-electron chi connectivity index (χ3n) is 2.27. The summed E-state index contributed by atoms with van der Waals surface area (Å²) in [6.45, 7) is 0. The van der Waals surface area contributed by atoms with Crippen LogP contribution in [-0.4, -0.2) is 0 Å². The number of anilines is 3. The van der Waals surface area contributed by atoms with Crippen LogP contribution in [0.2, 0.25) is 0 Å². The zero-order valence-corrected chi connectivity index (χ0v) is 12.1. The molecule has 0 saturated heterocycles. The number of benzene rings is 2. The molecule has 0 spiro atoms. The van der Waals surface area contributed by atoms with Gasteiger partial charge in [-0.05, 0) is 56.1 Å². The predicted octanol–water partition coefficient (Wildman–Crippen LogP) is 4.82. The normalized spacial score (nSPS) is 10.4. The molecule has 0 radical (unpaired) electrons. The van der Waals surface area contributed by atoms with Crippen LogP contribution in [0.15, 0.2) is 39.3 Å². The Labute approximate surface area is 119 Å². The van der Waals surface area contributed by atoms with E-state index in [4.69, 9.17) is 5.73 Å². The molecule has 0 bridgehead atoms. The largest absolute Gasteiger partial charge is 0.399 e. The Balaban J connectivity index is 2.37. The van der Waals surface area contributed by atoms with E-state index >= 15 is 0 Å². The highest BCUT2D eigenvalue weighted by molar-refractivity contribution is 9.10. The molecule has 3 N–H and O–H groups in total. The monoisotopic (exact) mass is 376 g/mol. The van der Waals surface area contributed by atoms with E-state index in [2.05, 4.69) is 37.2 Å². The van der Waals surface area contributed by atoms with Gasteiger partial charge in [0.25, 0.3) is 0 Å². The van der Waals surface area contributed by atoms with Gasteiger partial charge in [-0.25, -0.2) is 8.78 Å². The van der Waals surface area contributed by atoms with Crippen molar-refractivity contribution in [3.8, 4) is 0 Å². The van der Waals surface area contributed by atoms with Gasteiger partial charge < -0.3 is 11.1 Å². The molecule has 0 saturated carbocycles. The highest BCUT2D eigenvalue weighted by Crippen LogP contribution is 2.31. The molecule has 18 heavy (non-hydrogen) atoms. The van der Waals surface area contributed by atoms with Crippen LogP contribution in [0.25, 0.3) is 0 Å². The Kier molecular flexibility index (Phi) is 3.87. The van der Waals surface area contributed by atoms with Gasteiger partial charge in [-0.2, -0.15) is 0 Å². The number of nitrogen functional groups attached to an aromatic ring is 1. The van der Waals surface area contributed by atoms with E-state index in [9.17, 15) is 8.78 Å². The Bertz CT molecular complexity index is 603. The second-order valence-corrected chi connectivity index (χ2v) is 5.32. The minimum atomic E-state index is -0.667. The fourth-order valence-electron chi connectivity index (χ4n) is 1.40. The fourth-order valence-corrected chi connectivity index (χ4v) is 2.24. The molecule has 2 rings (SSSR count). The third-order valence-corrected chi connectivity index (χ3v) is 3.54. The van der Waals surface area contributed by atoms with Gasteiger partial charge in [0.2, 0.25) is 0 Å². The SMILES string of the molecule is Nc1ccc(Nc2cc(Br)c(F)cc2F)c(Br)c1. The number of halogens is 4. The van der Waals surface area contributed by atoms with E-state index in [1.54, 1.807) is 18.2 Å². The number of hydrogen-bond acceptors (Lipinski definition) is 2. The van der Waals surface area contributed by atoms with Gasteiger partial charge in [0.15, 0.2) is 0 Å². The first-order valence-corrected chi connectivity index (χ1v) is 6.52. The lowest BCUT2D eigenvalue weighted by atomic mass is 10.2. The van der Waals surface area contributed by atoms with Crippen molar-refractivity contribution < 1.29 is 8.78 Å². The molecule has 94 valence electrons. The minimum Gasteiger partial charge on any atom is -0.399 e. The topological polar surface area (TPSA) is 38.0 Å². The second-order valence-electron chi connectivity index (χ2n) is 3.61. The summed E-state index contributed by atoms with van der Waals surface area (Å²) in [5.74, 6) is -1.31. The maximum atomic E-state index is 13.6. The summed E-state index contributed by atoms with van der Waals surface area (Å²) in [4.78, 5) is 0. The zero-order chi connectivity index (χ0) is 13.3. The van der Waals surface area contributed by atoms with Gasteiger partial charge in [0.05, 0.1) is 15.8 Å². The molecule has 2 aromatic carbocycles. The van der Waals surface area contributed by atoms with Crippen LogP contribution in [0.5, 0.6) is 0 Å². The van der Waals surface area contributed by atoms with Crippen LogP contribution in [0.4, 0.5) is 25.8 Å². The van der Waals surface area contributed by atoms with Crippen molar-refractivity contribution in [1.29, 1.82) is 0 Å². The van der Waals surface area contributed by atoms with E-state index in [1.807, 2.05) is 0 Å². The summed E-state index contributed by atoms with van der Waals surface area (Å²) in [5.41, 5.74) is 7.01. The molecule has 0 aliphatic heterocycles. The zero-order valence-electron chi connectivity index (χ0n) is 8.98. The summed E-state index contributed by atoms with van der Waals surface area (Å²) in [7, 11) is 0. The predicted molar refractivity (Wildman–Crippen MR) is 75.9 cm³/mol. The Morgan fingerprint density at radius 2 is 1.61 bits per heavy atom. The van der Waals surface area contributed by atoms with Gasteiger partial charge in [0, 0.05) is 16.2 Å². The quantitative estimate of drug-likeness (QED) is 0.581. The summed E-state index contributed by atoms with van der Waals surface area (Å²) in [5, 5.41) is 2.86. The van der Waals surface area contributed by atoms with Crippen molar-refractivity contribution >= 4 is 48.9 Å². The maximum Gasteiger partial charge on any atom is 0.149 e. The van der Waals surface area contributed by atoms with Gasteiger partial charge in [0.1, 0.15) is 11.6 Å². The van der Waals surface area contributed by atoms with Crippen LogP contribution in [0, 0.1) is 11.6 Å². The fraction of sp³-hybridized carbons (Fsp3) is 0. The van der Waals surface area contributed by atoms with Crippen LogP contribution in [0.1, 0.15) is 0 Å². The van der Waals surface area contributed by atoms with E-state index < -0.39 is 11.6 Å². The molecule has 2 aromatic rings. The smallest absolute Gasteiger partial charge is 0.149 e. The van der Waals surface area contributed by atoms with E-state index in [1.165, 1.54) is 6.07 Å². The van der Waals surface area contributed by atoms with E-state index in [-0.39, 0.29) is 10.2 Å². The molecule has 6 heteroatoms. The number of hydrogen-bond donors (Lipinski definition) is 2. The molecule has 0 heterocycles. The van der Waals surface area contributed by atoms with Crippen molar-refractivity contribution in [2.45, 2.75) is 0 Å². The lowest BCUT2D eigenvalue weighted by molar-refractivity contribution is 0.581. The first-order valence-electron chi connectivity index (χ1n) is 4.94. The number of nitrogens with two attached hydrogens (primary N) is 1. The maximum absolute atomic E-state index is 13.6. The third kappa shape index (κ3) is 2.81. The standard InChI is InChI=1S/C12H8Br2F2N2/c13-7-4-12(10(16)5-9(7)15)18-11-2-1-6(17)3-8(11)14/h1-5,18H,17H2. The van der Waals surface area contributed by atoms with Gasteiger partial charge in [-0.15, -0.1) is 0 Å². The summed E-state index contributed by atoms with van der Waals surface area (Å²) in [6.07, 6.45) is 0. The van der Waals surface area contributed by atoms with Crippen LogP contribution in [-0.2, 0) is 0 Å². The van der Waals surface area contributed by atoms with E-state index in [0.717, 1.165) is 6.07 Å². The highest BCUT2D eigenvalue weighted by Gasteiger charge is 2.09. The molecule has 0 fully saturated rings. The lowest BCUT2D eigenvalue weighted by Crippen LogP contribution is -1.97. The molecule has 0 aromatic heterocycles. The molecule has 0 aliphatic rings. The molecule has 0 amide bonds. The van der Waals surface area contributed by atoms with Crippen LogP contribution in [0.3, 0.4) is 0 Å². The molecule has 0 aliphatic carbocycles. The van der Waals surface area contributed by atoms with Crippen molar-refractivity contribution in [2.75, 3.05) is 11.1 Å². The summed E-state index contributed by atoms with van der Waals surface area (Å²) in [6, 6.07) is 7.24.